The second kappa shape index (κ2) is 6.84. The van der Waals surface area contributed by atoms with E-state index in [0.29, 0.717) is 12.5 Å². The Kier molecular flexibility index (Phi) is 4.28. The first-order valence-electron chi connectivity index (χ1n) is 10.1. The molecule has 0 saturated carbocycles. The van der Waals surface area contributed by atoms with Crippen LogP contribution in [0, 0.1) is 12.8 Å². The minimum atomic E-state index is -0.222. The molecule has 1 N–H and O–H groups in total. The zero-order valence-electron chi connectivity index (χ0n) is 16.9. The van der Waals surface area contributed by atoms with Crippen molar-refractivity contribution in [3.05, 3.63) is 71.6 Å². The van der Waals surface area contributed by atoms with Gasteiger partial charge in [-0.1, -0.05) is 18.2 Å². The van der Waals surface area contributed by atoms with Crippen LogP contribution < -0.4 is 0 Å². The molecule has 7 heteroatoms. The molecule has 2 aromatic heterocycles. The summed E-state index contributed by atoms with van der Waals surface area (Å²) >= 11 is 0. The predicted molar refractivity (Wildman–Crippen MR) is 109 cm³/mol. The van der Waals surface area contributed by atoms with Crippen LogP contribution in [0.5, 0.6) is 0 Å². The van der Waals surface area contributed by atoms with Crippen molar-refractivity contribution in [1.82, 2.24) is 29.5 Å². The smallest absolute Gasteiger partial charge is 0.253 e. The van der Waals surface area contributed by atoms with Gasteiger partial charge in [-0.05, 0) is 31.2 Å². The Hall–Kier alpha value is -2.93. The van der Waals surface area contributed by atoms with E-state index in [1.165, 1.54) is 5.69 Å². The van der Waals surface area contributed by atoms with Gasteiger partial charge in [-0.15, -0.1) is 0 Å². The number of hydrogen-bond donors (Lipinski definition) is 1. The van der Waals surface area contributed by atoms with Crippen LogP contribution >= 0.6 is 0 Å². The number of fused-ring (bicyclic) bond motifs is 1. The number of aromatic amines is 1. The van der Waals surface area contributed by atoms with Crippen LogP contribution in [-0.2, 0) is 19.0 Å². The van der Waals surface area contributed by atoms with Crippen molar-refractivity contribution in [3.63, 3.8) is 0 Å². The van der Waals surface area contributed by atoms with Crippen LogP contribution in [0.1, 0.15) is 27.7 Å². The molecule has 2 saturated heterocycles. The highest BCUT2D eigenvalue weighted by Crippen LogP contribution is 2.44. The molecule has 29 heavy (non-hydrogen) atoms. The number of aromatic nitrogens is 4. The molecular formula is C22H26N6O. The fourth-order valence-corrected chi connectivity index (χ4v) is 4.98. The SMILES string of the molecule is Cc1nc([C@@]23CN(Cc4cccn4C)C[C@@H]2CN(C(=O)c2ccccc2)C3)n[nH]1. The summed E-state index contributed by atoms with van der Waals surface area (Å²) in [5.74, 6) is 2.09. The second-order valence-electron chi connectivity index (χ2n) is 8.43. The molecule has 1 aromatic carbocycles. The van der Waals surface area contributed by atoms with Crippen molar-refractivity contribution in [3.8, 4) is 0 Å². The Labute approximate surface area is 170 Å². The number of rotatable bonds is 4. The van der Waals surface area contributed by atoms with Gasteiger partial charge in [0.1, 0.15) is 5.82 Å². The number of aryl methyl sites for hydroxylation is 2. The quantitative estimate of drug-likeness (QED) is 0.740. The zero-order chi connectivity index (χ0) is 20.0. The van der Waals surface area contributed by atoms with Crippen LogP contribution in [-0.4, -0.2) is 61.6 Å². The highest BCUT2D eigenvalue weighted by molar-refractivity contribution is 5.94. The van der Waals surface area contributed by atoms with E-state index < -0.39 is 0 Å². The first kappa shape index (κ1) is 18.1. The molecule has 0 bridgehead atoms. The molecule has 2 aliphatic heterocycles. The molecule has 0 radical (unpaired) electrons. The van der Waals surface area contributed by atoms with E-state index in [2.05, 4.69) is 45.0 Å². The summed E-state index contributed by atoms with van der Waals surface area (Å²) < 4.78 is 2.17. The van der Waals surface area contributed by atoms with Gasteiger partial charge in [0.25, 0.3) is 5.91 Å². The Morgan fingerprint density at radius 1 is 1.17 bits per heavy atom. The lowest BCUT2D eigenvalue weighted by Crippen LogP contribution is -2.40. The highest BCUT2D eigenvalue weighted by atomic mass is 16.2. The third-order valence-corrected chi connectivity index (χ3v) is 6.47. The normalized spacial score (nSPS) is 24.2. The van der Waals surface area contributed by atoms with Crippen LogP contribution in [0.4, 0.5) is 0 Å². The van der Waals surface area contributed by atoms with Gasteiger partial charge in [-0.2, -0.15) is 5.10 Å². The Balaban J connectivity index is 1.42. The lowest BCUT2D eigenvalue weighted by atomic mass is 9.80. The topological polar surface area (TPSA) is 70.1 Å². The van der Waals surface area contributed by atoms with E-state index in [1.807, 2.05) is 42.2 Å². The highest BCUT2D eigenvalue weighted by Gasteiger charge is 2.56. The third kappa shape index (κ3) is 3.06. The standard InChI is InChI=1S/C22H26N6O/c1-16-23-21(25-24-16)22-14-27(13-19-9-6-10-26(19)2)11-18(22)12-28(15-22)20(29)17-7-4-3-5-8-17/h3-10,18H,11-15H2,1-2H3,(H,23,24,25)/t18-,22-/m1/s1. The molecule has 1 amide bonds. The Bertz CT molecular complexity index is 1020. The first-order chi connectivity index (χ1) is 14.0. The van der Waals surface area contributed by atoms with Gasteiger partial charge in [0.2, 0.25) is 0 Å². The summed E-state index contributed by atoms with van der Waals surface area (Å²) in [4.78, 5) is 22.3. The molecule has 2 fully saturated rings. The molecule has 2 atom stereocenters. The summed E-state index contributed by atoms with van der Waals surface area (Å²) in [6.45, 7) is 6.03. The molecule has 150 valence electrons. The summed E-state index contributed by atoms with van der Waals surface area (Å²) in [7, 11) is 2.08. The summed E-state index contributed by atoms with van der Waals surface area (Å²) in [6, 6.07) is 13.8. The zero-order valence-corrected chi connectivity index (χ0v) is 16.9. The molecule has 5 rings (SSSR count). The number of nitrogens with one attached hydrogen (secondary N) is 1. The van der Waals surface area contributed by atoms with Gasteiger partial charge in [0.05, 0.1) is 5.41 Å². The average molecular weight is 390 g/mol. The number of likely N-dealkylation sites (tertiary alicyclic amines) is 2. The minimum Gasteiger partial charge on any atom is -0.353 e. The largest absolute Gasteiger partial charge is 0.353 e. The summed E-state index contributed by atoms with van der Waals surface area (Å²) in [5, 5.41) is 7.55. The van der Waals surface area contributed by atoms with E-state index in [9.17, 15) is 4.79 Å². The molecule has 4 heterocycles. The van der Waals surface area contributed by atoms with Gasteiger partial charge in [-0.3, -0.25) is 14.8 Å². The maximum atomic E-state index is 13.1. The number of hydrogen-bond acceptors (Lipinski definition) is 4. The van der Waals surface area contributed by atoms with Crippen LogP contribution in [0.15, 0.2) is 48.7 Å². The third-order valence-electron chi connectivity index (χ3n) is 6.47. The second-order valence-corrected chi connectivity index (χ2v) is 8.43. The fourth-order valence-electron chi connectivity index (χ4n) is 4.98. The number of H-pyrrole nitrogens is 1. The number of carbonyl (C=O) groups excluding carboxylic acids is 1. The van der Waals surface area contributed by atoms with Crippen molar-refractivity contribution in [2.24, 2.45) is 13.0 Å². The van der Waals surface area contributed by atoms with Crippen molar-refractivity contribution >= 4 is 5.91 Å². The van der Waals surface area contributed by atoms with Crippen LogP contribution in [0.2, 0.25) is 0 Å². The lowest BCUT2D eigenvalue weighted by molar-refractivity contribution is 0.0768. The maximum Gasteiger partial charge on any atom is 0.253 e. The predicted octanol–water partition coefficient (Wildman–Crippen LogP) is 1.98. The van der Waals surface area contributed by atoms with E-state index >= 15 is 0 Å². The van der Waals surface area contributed by atoms with Gasteiger partial charge >= 0.3 is 0 Å². The summed E-state index contributed by atoms with van der Waals surface area (Å²) in [6.07, 6.45) is 2.08. The van der Waals surface area contributed by atoms with Gasteiger partial charge in [0.15, 0.2) is 5.82 Å². The van der Waals surface area contributed by atoms with Crippen LogP contribution in [0.3, 0.4) is 0 Å². The van der Waals surface area contributed by atoms with Crippen LogP contribution in [0.25, 0.3) is 0 Å². The Morgan fingerprint density at radius 2 is 2.00 bits per heavy atom. The van der Waals surface area contributed by atoms with Crippen molar-refractivity contribution in [2.75, 3.05) is 26.2 Å². The number of amides is 1. The van der Waals surface area contributed by atoms with Gasteiger partial charge in [-0.25, -0.2) is 4.98 Å². The summed E-state index contributed by atoms with van der Waals surface area (Å²) in [5.41, 5.74) is 1.82. The van der Waals surface area contributed by atoms with Crippen molar-refractivity contribution in [1.29, 1.82) is 0 Å². The number of benzene rings is 1. The molecule has 2 aliphatic rings. The molecule has 7 nitrogen and oxygen atoms in total. The fraction of sp³-hybridized carbons (Fsp3) is 0.409. The van der Waals surface area contributed by atoms with Gasteiger partial charge in [0, 0.05) is 63.1 Å². The molecular weight excluding hydrogens is 364 g/mol. The lowest BCUT2D eigenvalue weighted by Gasteiger charge is -2.27. The van der Waals surface area contributed by atoms with Gasteiger partial charge < -0.3 is 9.47 Å². The molecule has 3 aromatic rings. The van der Waals surface area contributed by atoms with Crippen molar-refractivity contribution < 1.29 is 4.79 Å². The molecule has 0 spiro atoms. The molecule has 0 unspecified atom stereocenters. The average Bonchev–Trinajstić information content (AvgIpc) is 3.47. The first-order valence-corrected chi connectivity index (χ1v) is 10.1. The van der Waals surface area contributed by atoms with E-state index in [0.717, 1.165) is 43.4 Å². The van der Waals surface area contributed by atoms with E-state index in [1.54, 1.807) is 0 Å². The monoisotopic (exact) mass is 390 g/mol. The number of nitrogens with zero attached hydrogens (tertiary/aromatic N) is 5. The minimum absolute atomic E-state index is 0.0978. The number of carbonyl (C=O) groups is 1. The van der Waals surface area contributed by atoms with E-state index in [4.69, 9.17) is 4.98 Å². The van der Waals surface area contributed by atoms with Crippen molar-refractivity contribution in [2.45, 2.75) is 18.9 Å². The molecule has 0 aliphatic carbocycles. The maximum absolute atomic E-state index is 13.1. The van der Waals surface area contributed by atoms with E-state index in [-0.39, 0.29) is 11.3 Å². The Morgan fingerprint density at radius 3 is 2.69 bits per heavy atom.